The average molecular weight is 448 g/mol. The van der Waals surface area contributed by atoms with Gasteiger partial charge in [-0.25, -0.2) is 15.2 Å². The molecule has 0 amide bonds. The molecule has 12 nitrogen and oxygen atoms in total. The highest BCUT2D eigenvalue weighted by Gasteiger charge is 2.28. The molecule has 12 heteroatoms. The van der Waals surface area contributed by atoms with Crippen molar-refractivity contribution in [3.8, 4) is 0 Å². The number of carbonyl (C=O) groups is 2. The Labute approximate surface area is 183 Å². The van der Waals surface area contributed by atoms with Crippen LogP contribution in [0.4, 0.5) is 17.1 Å². The summed E-state index contributed by atoms with van der Waals surface area (Å²) < 4.78 is 9.88. The lowest BCUT2D eigenvalue weighted by Crippen LogP contribution is -3.01. The third-order valence-corrected chi connectivity index (χ3v) is 4.14. The second-order valence-corrected chi connectivity index (χ2v) is 6.31. The normalized spacial score (nSPS) is 13.2. The van der Waals surface area contributed by atoms with Crippen LogP contribution in [0.1, 0.15) is 25.0 Å². The van der Waals surface area contributed by atoms with Gasteiger partial charge in [0.15, 0.2) is 17.1 Å². The Kier molecular flexibility index (Phi) is 9.22. The molecule has 2 rings (SSSR count). The minimum atomic E-state index is -1.48. The Morgan fingerprint density at radius 3 is 2.19 bits per heavy atom. The molecule has 0 aliphatic carbocycles. The van der Waals surface area contributed by atoms with Crippen LogP contribution in [0.25, 0.3) is 0 Å². The van der Waals surface area contributed by atoms with E-state index in [1.54, 1.807) is 44.2 Å². The molecule has 0 spiro atoms. The lowest BCUT2D eigenvalue weighted by molar-refractivity contribution is -0.996. The second kappa shape index (κ2) is 11.9. The van der Waals surface area contributed by atoms with Gasteiger partial charge >= 0.3 is 11.9 Å². The SMILES string of the molecule is CCOC(=O)Cc1cc(C(=NNc2ccccc2)C(=O)OCC)c([NH+]([O-])O)cc1[NH+]([O-])O. The lowest BCUT2D eigenvalue weighted by Gasteiger charge is -2.21. The van der Waals surface area contributed by atoms with Crippen molar-refractivity contribution in [3.05, 3.63) is 64.0 Å². The minimum absolute atomic E-state index is 0.00547. The van der Waals surface area contributed by atoms with Crippen LogP contribution in [0.3, 0.4) is 0 Å². The van der Waals surface area contributed by atoms with Gasteiger partial charge in [-0.05, 0) is 32.0 Å². The zero-order valence-electron chi connectivity index (χ0n) is 17.5. The summed E-state index contributed by atoms with van der Waals surface area (Å²) in [4.78, 5) is 24.6. The van der Waals surface area contributed by atoms with Crippen LogP contribution in [0, 0.1) is 10.4 Å². The first-order chi connectivity index (χ1) is 15.3. The van der Waals surface area contributed by atoms with Crippen LogP contribution in [0.2, 0.25) is 0 Å². The third-order valence-electron chi connectivity index (χ3n) is 4.14. The molecule has 0 radical (unpaired) electrons. The van der Waals surface area contributed by atoms with Gasteiger partial charge in [-0.3, -0.25) is 10.2 Å². The lowest BCUT2D eigenvalue weighted by atomic mass is 10.00. The Morgan fingerprint density at radius 1 is 1.00 bits per heavy atom. The highest BCUT2D eigenvalue weighted by atomic mass is 16.8. The van der Waals surface area contributed by atoms with Gasteiger partial charge in [-0.2, -0.15) is 15.6 Å². The second-order valence-electron chi connectivity index (χ2n) is 6.31. The Bertz CT molecular complexity index is 964. The predicted molar refractivity (Wildman–Crippen MR) is 112 cm³/mol. The number of rotatable bonds is 10. The summed E-state index contributed by atoms with van der Waals surface area (Å²) in [6, 6.07) is 10.6. The maximum Gasteiger partial charge on any atom is 0.359 e. The number of anilines is 1. The topological polar surface area (TPSA) is 172 Å². The molecule has 0 aliphatic rings. The molecule has 2 unspecified atom stereocenters. The molecule has 2 aromatic rings. The first-order valence-electron chi connectivity index (χ1n) is 9.63. The van der Waals surface area contributed by atoms with E-state index < -0.39 is 45.9 Å². The van der Waals surface area contributed by atoms with Crippen LogP contribution in [0.5, 0.6) is 0 Å². The maximum atomic E-state index is 12.6. The number of carbonyl (C=O) groups excluding carboxylic acids is 2. The third kappa shape index (κ3) is 6.55. The van der Waals surface area contributed by atoms with Gasteiger partial charge in [0.1, 0.15) is 0 Å². The summed E-state index contributed by atoms with van der Waals surface area (Å²) in [5.41, 5.74) is 1.64. The van der Waals surface area contributed by atoms with E-state index in [0.29, 0.717) is 5.69 Å². The van der Waals surface area contributed by atoms with Crippen LogP contribution in [0.15, 0.2) is 47.6 Å². The molecule has 0 fully saturated rings. The molecule has 32 heavy (non-hydrogen) atoms. The number of quaternary nitrogens is 2. The number of para-hydroxylation sites is 1. The summed E-state index contributed by atoms with van der Waals surface area (Å²) in [5, 5.41) is 43.8. The summed E-state index contributed by atoms with van der Waals surface area (Å²) >= 11 is 0. The van der Waals surface area contributed by atoms with Crippen molar-refractivity contribution < 1.29 is 39.9 Å². The fourth-order valence-electron chi connectivity index (χ4n) is 2.78. The summed E-state index contributed by atoms with van der Waals surface area (Å²) in [6.07, 6.45) is -0.440. The molecule has 0 heterocycles. The molecule has 5 N–H and O–H groups in total. The minimum Gasteiger partial charge on any atom is -0.595 e. The number of esters is 2. The largest absolute Gasteiger partial charge is 0.595 e. The standard InChI is InChI=1S/C20H24N4O8/c1-3-31-18(25)11-13-10-15(17(24(29)30)12-16(13)23(27)28)19(20(26)32-4-2)22-21-14-8-6-5-7-9-14/h5-10,12,21,23-24,27,29H,3-4,11H2,1-2H3. The van der Waals surface area contributed by atoms with E-state index in [1.165, 1.54) is 0 Å². The van der Waals surface area contributed by atoms with Gasteiger partial charge in [0.05, 0.1) is 37.0 Å². The van der Waals surface area contributed by atoms with Gasteiger partial charge in [-0.15, -0.1) is 0 Å². The average Bonchev–Trinajstić information content (AvgIpc) is 2.74. The number of nitrogens with zero attached hydrogens (tertiary/aromatic N) is 1. The van der Waals surface area contributed by atoms with Crippen LogP contribution >= 0.6 is 0 Å². The van der Waals surface area contributed by atoms with Gasteiger partial charge in [0, 0.05) is 5.56 Å². The molecule has 0 aliphatic heterocycles. The van der Waals surface area contributed by atoms with E-state index in [9.17, 15) is 30.4 Å². The fraction of sp³-hybridized carbons (Fsp3) is 0.250. The van der Waals surface area contributed by atoms with E-state index in [4.69, 9.17) is 9.47 Å². The zero-order chi connectivity index (χ0) is 23.7. The predicted octanol–water partition coefficient (Wildman–Crippen LogP) is -0.0217. The molecule has 0 aromatic heterocycles. The highest BCUT2D eigenvalue weighted by Crippen LogP contribution is 2.23. The van der Waals surface area contributed by atoms with E-state index in [0.717, 1.165) is 12.1 Å². The Balaban J connectivity index is 2.65. The monoisotopic (exact) mass is 448 g/mol. The molecule has 0 saturated heterocycles. The van der Waals surface area contributed by atoms with Crippen molar-refractivity contribution in [2.24, 2.45) is 5.10 Å². The number of hydrogen-bond donors (Lipinski definition) is 5. The van der Waals surface area contributed by atoms with Crippen LogP contribution in [-0.2, 0) is 25.5 Å². The van der Waals surface area contributed by atoms with E-state index in [2.05, 4.69) is 10.5 Å². The van der Waals surface area contributed by atoms with E-state index in [1.807, 2.05) is 0 Å². The quantitative estimate of drug-likeness (QED) is 0.190. The summed E-state index contributed by atoms with van der Waals surface area (Å²) in [5.74, 6) is -1.63. The number of benzene rings is 2. The highest BCUT2D eigenvalue weighted by molar-refractivity contribution is 6.44. The van der Waals surface area contributed by atoms with Gasteiger partial charge in [-0.1, -0.05) is 18.2 Å². The maximum absolute atomic E-state index is 12.6. The van der Waals surface area contributed by atoms with Crippen molar-refractivity contribution >= 4 is 34.7 Å². The van der Waals surface area contributed by atoms with Crippen LogP contribution < -0.4 is 15.9 Å². The Hall–Kier alpha value is -3.39. The van der Waals surface area contributed by atoms with Crippen molar-refractivity contribution in [2.75, 3.05) is 18.6 Å². The summed E-state index contributed by atoms with van der Waals surface area (Å²) in [6.45, 7) is 3.24. The van der Waals surface area contributed by atoms with Crippen LogP contribution in [-0.4, -0.2) is 41.3 Å². The van der Waals surface area contributed by atoms with Gasteiger partial charge < -0.3 is 19.9 Å². The van der Waals surface area contributed by atoms with Gasteiger partial charge in [0.25, 0.3) is 0 Å². The van der Waals surface area contributed by atoms with E-state index in [-0.39, 0.29) is 24.3 Å². The molecular weight excluding hydrogens is 424 g/mol. The van der Waals surface area contributed by atoms with Crippen molar-refractivity contribution in [2.45, 2.75) is 20.3 Å². The molecule has 2 atom stereocenters. The first-order valence-corrected chi connectivity index (χ1v) is 9.63. The summed E-state index contributed by atoms with van der Waals surface area (Å²) in [7, 11) is 0. The fourth-order valence-corrected chi connectivity index (χ4v) is 2.78. The molecule has 2 aromatic carbocycles. The van der Waals surface area contributed by atoms with Crippen molar-refractivity contribution in [1.29, 1.82) is 0 Å². The number of nitrogens with one attached hydrogen (secondary N) is 3. The smallest absolute Gasteiger partial charge is 0.359 e. The Morgan fingerprint density at radius 2 is 1.62 bits per heavy atom. The van der Waals surface area contributed by atoms with Gasteiger partial charge in [0.2, 0.25) is 0 Å². The molecule has 172 valence electrons. The first kappa shape index (κ1) is 24.9. The molecular formula is C20H24N4O8. The van der Waals surface area contributed by atoms with E-state index >= 15 is 0 Å². The molecule has 0 saturated carbocycles. The van der Waals surface area contributed by atoms with Crippen molar-refractivity contribution in [1.82, 2.24) is 0 Å². The number of hydrogen-bond acceptors (Lipinski definition) is 10. The zero-order valence-corrected chi connectivity index (χ0v) is 17.5. The number of ether oxygens (including phenoxy) is 2. The van der Waals surface area contributed by atoms with Crippen molar-refractivity contribution in [3.63, 3.8) is 0 Å². The molecule has 0 bridgehead atoms. The number of hydrazone groups is 1.